The van der Waals surface area contributed by atoms with Gasteiger partial charge in [0.2, 0.25) is 0 Å². The van der Waals surface area contributed by atoms with Crippen LogP contribution in [0.15, 0.2) is 24.3 Å². The zero-order chi connectivity index (χ0) is 12.5. The minimum absolute atomic E-state index is 0.135. The van der Waals surface area contributed by atoms with Gasteiger partial charge in [-0.05, 0) is 43.0 Å². The van der Waals surface area contributed by atoms with E-state index in [4.69, 9.17) is 4.74 Å². The van der Waals surface area contributed by atoms with E-state index in [9.17, 15) is 18.3 Å². The SMILES string of the molecule is OC(COc1ccc(C(F)(F)F)cc1)C1CC1. The molecule has 2 rings (SSSR count). The number of aliphatic hydroxyl groups excluding tert-OH is 1. The molecule has 0 bridgehead atoms. The van der Waals surface area contributed by atoms with Gasteiger partial charge in [0.1, 0.15) is 12.4 Å². The Morgan fingerprint density at radius 1 is 1.24 bits per heavy atom. The van der Waals surface area contributed by atoms with Gasteiger partial charge in [0.25, 0.3) is 0 Å². The van der Waals surface area contributed by atoms with Gasteiger partial charge in [-0.25, -0.2) is 0 Å². The third-order valence-corrected chi connectivity index (χ3v) is 2.77. The lowest BCUT2D eigenvalue weighted by Gasteiger charge is -2.12. The number of ether oxygens (including phenoxy) is 1. The summed E-state index contributed by atoms with van der Waals surface area (Å²) in [4.78, 5) is 0. The summed E-state index contributed by atoms with van der Waals surface area (Å²) in [5, 5.41) is 9.53. The molecule has 1 atom stereocenters. The zero-order valence-electron chi connectivity index (χ0n) is 9.07. The lowest BCUT2D eigenvalue weighted by molar-refractivity contribution is -0.137. The van der Waals surface area contributed by atoms with Crippen LogP contribution >= 0.6 is 0 Å². The second-order valence-electron chi connectivity index (χ2n) is 4.24. The molecule has 1 aromatic carbocycles. The Morgan fingerprint density at radius 3 is 2.29 bits per heavy atom. The number of rotatable bonds is 4. The summed E-state index contributed by atoms with van der Waals surface area (Å²) in [5.74, 6) is 0.641. The molecule has 1 saturated carbocycles. The van der Waals surface area contributed by atoms with Crippen molar-refractivity contribution in [2.75, 3.05) is 6.61 Å². The van der Waals surface area contributed by atoms with Gasteiger partial charge in [0, 0.05) is 0 Å². The van der Waals surface area contributed by atoms with Crippen LogP contribution in [0.1, 0.15) is 18.4 Å². The van der Waals surface area contributed by atoms with E-state index in [-0.39, 0.29) is 6.61 Å². The molecule has 0 aliphatic heterocycles. The fourth-order valence-corrected chi connectivity index (χ4v) is 1.54. The van der Waals surface area contributed by atoms with E-state index in [2.05, 4.69) is 0 Å². The molecule has 5 heteroatoms. The quantitative estimate of drug-likeness (QED) is 0.885. The van der Waals surface area contributed by atoms with Gasteiger partial charge in [-0.3, -0.25) is 0 Å². The highest BCUT2D eigenvalue weighted by Gasteiger charge is 2.31. The van der Waals surface area contributed by atoms with Crippen molar-refractivity contribution in [1.29, 1.82) is 0 Å². The molecular formula is C12H13F3O2. The van der Waals surface area contributed by atoms with Gasteiger partial charge in [0.05, 0.1) is 11.7 Å². The Bertz CT molecular complexity index is 368. The normalized spacial score (nSPS) is 17.9. The van der Waals surface area contributed by atoms with Crippen molar-refractivity contribution in [3.05, 3.63) is 29.8 Å². The molecule has 1 aliphatic carbocycles. The monoisotopic (exact) mass is 246 g/mol. The van der Waals surface area contributed by atoms with Crippen molar-refractivity contribution in [2.45, 2.75) is 25.1 Å². The molecule has 1 aromatic rings. The second-order valence-corrected chi connectivity index (χ2v) is 4.24. The predicted molar refractivity (Wildman–Crippen MR) is 55.7 cm³/mol. The number of alkyl halides is 3. The van der Waals surface area contributed by atoms with Gasteiger partial charge in [0.15, 0.2) is 0 Å². The van der Waals surface area contributed by atoms with Gasteiger partial charge in [-0.15, -0.1) is 0 Å². The summed E-state index contributed by atoms with van der Waals surface area (Å²) in [5.41, 5.74) is -0.701. The number of halogens is 3. The average Bonchev–Trinajstić information content (AvgIpc) is 3.09. The third-order valence-electron chi connectivity index (χ3n) is 2.77. The van der Waals surface area contributed by atoms with E-state index < -0.39 is 17.8 Å². The van der Waals surface area contributed by atoms with Crippen molar-refractivity contribution in [2.24, 2.45) is 5.92 Å². The number of hydrogen-bond acceptors (Lipinski definition) is 2. The molecule has 2 nitrogen and oxygen atoms in total. The molecule has 0 spiro atoms. The van der Waals surface area contributed by atoms with Gasteiger partial charge in [-0.2, -0.15) is 13.2 Å². The van der Waals surface area contributed by atoms with E-state index in [0.717, 1.165) is 25.0 Å². The van der Waals surface area contributed by atoms with Crippen LogP contribution in [-0.2, 0) is 6.18 Å². The molecule has 0 saturated heterocycles. The summed E-state index contributed by atoms with van der Waals surface area (Å²) in [6.07, 6.45) is -2.85. The number of benzene rings is 1. The molecule has 0 amide bonds. The molecule has 94 valence electrons. The molecule has 1 unspecified atom stereocenters. The number of hydrogen-bond donors (Lipinski definition) is 1. The average molecular weight is 246 g/mol. The minimum Gasteiger partial charge on any atom is -0.491 e. The number of aliphatic hydroxyl groups is 1. The molecule has 1 aliphatic rings. The first kappa shape index (κ1) is 12.2. The smallest absolute Gasteiger partial charge is 0.416 e. The Labute approximate surface area is 97.0 Å². The van der Waals surface area contributed by atoms with Crippen molar-refractivity contribution in [3.8, 4) is 5.75 Å². The van der Waals surface area contributed by atoms with Crippen LogP contribution in [0, 0.1) is 5.92 Å². The van der Waals surface area contributed by atoms with Crippen LogP contribution in [0.3, 0.4) is 0 Å². The summed E-state index contributed by atoms with van der Waals surface area (Å²) >= 11 is 0. The fraction of sp³-hybridized carbons (Fsp3) is 0.500. The van der Waals surface area contributed by atoms with Gasteiger partial charge in [-0.1, -0.05) is 0 Å². The van der Waals surface area contributed by atoms with Crippen LogP contribution in [-0.4, -0.2) is 17.8 Å². The third kappa shape index (κ3) is 3.36. The van der Waals surface area contributed by atoms with E-state index in [1.54, 1.807) is 0 Å². The first-order valence-electron chi connectivity index (χ1n) is 5.45. The van der Waals surface area contributed by atoms with Crippen LogP contribution < -0.4 is 4.74 Å². The standard InChI is InChI=1S/C12H13F3O2/c13-12(14,15)9-3-5-10(6-4-9)17-7-11(16)8-1-2-8/h3-6,8,11,16H,1-2,7H2. The molecular weight excluding hydrogens is 233 g/mol. The Hall–Kier alpha value is -1.23. The van der Waals surface area contributed by atoms with E-state index in [1.807, 2.05) is 0 Å². The van der Waals surface area contributed by atoms with Crippen LogP contribution in [0.2, 0.25) is 0 Å². The molecule has 1 fully saturated rings. The highest BCUT2D eigenvalue weighted by Crippen LogP contribution is 2.33. The van der Waals surface area contributed by atoms with Crippen molar-refractivity contribution >= 4 is 0 Å². The first-order chi connectivity index (χ1) is 7.97. The summed E-state index contributed by atoms with van der Waals surface area (Å²) < 4.78 is 42.0. The summed E-state index contributed by atoms with van der Waals surface area (Å²) in [7, 11) is 0. The molecule has 0 radical (unpaired) electrons. The summed E-state index contributed by atoms with van der Waals surface area (Å²) in [6.45, 7) is 0.135. The molecule has 0 heterocycles. The van der Waals surface area contributed by atoms with E-state index >= 15 is 0 Å². The van der Waals surface area contributed by atoms with Crippen LogP contribution in [0.25, 0.3) is 0 Å². The Kier molecular flexibility index (Phi) is 3.28. The lowest BCUT2D eigenvalue weighted by Crippen LogP contribution is -2.19. The van der Waals surface area contributed by atoms with Crippen molar-refractivity contribution in [3.63, 3.8) is 0 Å². The van der Waals surface area contributed by atoms with Crippen LogP contribution in [0.5, 0.6) is 5.75 Å². The summed E-state index contributed by atoms with van der Waals surface area (Å²) in [6, 6.07) is 4.47. The topological polar surface area (TPSA) is 29.5 Å². The van der Waals surface area contributed by atoms with Crippen molar-refractivity contribution < 1.29 is 23.0 Å². The zero-order valence-corrected chi connectivity index (χ0v) is 9.07. The first-order valence-corrected chi connectivity index (χ1v) is 5.45. The molecule has 1 N–H and O–H groups in total. The van der Waals surface area contributed by atoms with Gasteiger partial charge < -0.3 is 9.84 Å². The van der Waals surface area contributed by atoms with E-state index in [0.29, 0.717) is 11.7 Å². The Morgan fingerprint density at radius 2 is 1.82 bits per heavy atom. The van der Waals surface area contributed by atoms with Crippen LogP contribution in [0.4, 0.5) is 13.2 Å². The highest BCUT2D eigenvalue weighted by atomic mass is 19.4. The predicted octanol–water partition coefficient (Wildman–Crippen LogP) is 2.86. The van der Waals surface area contributed by atoms with E-state index in [1.165, 1.54) is 12.1 Å². The maximum Gasteiger partial charge on any atom is 0.416 e. The molecule has 17 heavy (non-hydrogen) atoms. The maximum atomic E-state index is 12.3. The Balaban J connectivity index is 1.89. The highest BCUT2D eigenvalue weighted by molar-refractivity contribution is 5.28. The fourth-order valence-electron chi connectivity index (χ4n) is 1.54. The maximum absolute atomic E-state index is 12.3. The largest absolute Gasteiger partial charge is 0.491 e. The lowest BCUT2D eigenvalue weighted by atomic mass is 10.2. The second kappa shape index (κ2) is 4.56. The van der Waals surface area contributed by atoms with Gasteiger partial charge >= 0.3 is 6.18 Å². The minimum atomic E-state index is -4.33. The molecule has 0 aromatic heterocycles. The van der Waals surface area contributed by atoms with Crippen molar-refractivity contribution in [1.82, 2.24) is 0 Å².